The Kier molecular flexibility index (Phi) is 1.77. The van der Waals surface area contributed by atoms with Crippen molar-refractivity contribution in [1.29, 1.82) is 21.0 Å². The van der Waals surface area contributed by atoms with E-state index >= 15 is 0 Å². The Balaban J connectivity index is 2.34. The van der Waals surface area contributed by atoms with Crippen molar-refractivity contribution in [1.82, 2.24) is 0 Å². The van der Waals surface area contributed by atoms with E-state index in [4.69, 9.17) is 0 Å². The van der Waals surface area contributed by atoms with E-state index < -0.39 is 10.8 Å². The van der Waals surface area contributed by atoms with Crippen LogP contribution in [-0.2, 0) is 0 Å². The summed E-state index contributed by atoms with van der Waals surface area (Å²) in [6.45, 7) is 0. The molecule has 0 amide bonds. The summed E-state index contributed by atoms with van der Waals surface area (Å²) >= 11 is 0. The van der Waals surface area contributed by atoms with Gasteiger partial charge in [0.25, 0.3) is 0 Å². The molecular weight excluding hydrogens is 224 g/mol. The van der Waals surface area contributed by atoms with Crippen molar-refractivity contribution in [2.75, 3.05) is 0 Å². The largest absolute Gasteiger partial charge is 0.196 e. The van der Waals surface area contributed by atoms with Crippen molar-refractivity contribution in [3.63, 3.8) is 0 Å². The van der Waals surface area contributed by atoms with Gasteiger partial charge in [-0.3, -0.25) is 0 Å². The highest BCUT2D eigenvalue weighted by Gasteiger charge is 2.73. The summed E-state index contributed by atoms with van der Waals surface area (Å²) in [4.78, 5) is 0. The molecule has 0 aromatic rings. The molecular formula is C14H8N4. The maximum absolute atomic E-state index is 9.46. The molecule has 4 heteroatoms. The molecule has 1 fully saturated rings. The highest BCUT2D eigenvalue weighted by Crippen LogP contribution is 2.68. The molecule has 0 heterocycles. The molecule has 0 spiro atoms. The Morgan fingerprint density at radius 3 is 1.39 bits per heavy atom. The zero-order valence-corrected chi connectivity index (χ0v) is 9.41. The monoisotopic (exact) mass is 232 g/mol. The Bertz CT molecular complexity index is 559. The average molecular weight is 232 g/mol. The van der Waals surface area contributed by atoms with Crippen LogP contribution in [0.4, 0.5) is 0 Å². The first-order valence-corrected chi connectivity index (χ1v) is 5.72. The van der Waals surface area contributed by atoms with Gasteiger partial charge in [-0.1, -0.05) is 24.3 Å². The first-order valence-electron chi connectivity index (χ1n) is 5.72. The van der Waals surface area contributed by atoms with Crippen LogP contribution in [0.2, 0.25) is 0 Å². The minimum atomic E-state index is -1.55. The van der Waals surface area contributed by atoms with Crippen molar-refractivity contribution >= 4 is 0 Å². The first-order chi connectivity index (χ1) is 8.70. The molecule has 3 aliphatic carbocycles. The summed E-state index contributed by atoms with van der Waals surface area (Å²) in [7, 11) is 0. The van der Waals surface area contributed by atoms with E-state index in [0.29, 0.717) is 0 Å². The van der Waals surface area contributed by atoms with Crippen molar-refractivity contribution in [3.05, 3.63) is 24.3 Å². The molecule has 0 radical (unpaired) electrons. The van der Waals surface area contributed by atoms with Gasteiger partial charge in [0.15, 0.2) is 10.8 Å². The summed E-state index contributed by atoms with van der Waals surface area (Å²) in [5.74, 6) is -0.471. The van der Waals surface area contributed by atoms with Gasteiger partial charge in [-0.25, -0.2) is 0 Å². The highest BCUT2D eigenvalue weighted by molar-refractivity contribution is 5.48. The van der Waals surface area contributed by atoms with Crippen molar-refractivity contribution in [2.45, 2.75) is 0 Å². The Labute approximate surface area is 105 Å². The van der Waals surface area contributed by atoms with Crippen LogP contribution in [0.15, 0.2) is 24.3 Å². The van der Waals surface area contributed by atoms with Gasteiger partial charge in [-0.2, -0.15) is 21.0 Å². The number of hydrogen-bond acceptors (Lipinski definition) is 4. The van der Waals surface area contributed by atoms with Gasteiger partial charge in [0.05, 0.1) is 24.3 Å². The molecule has 0 bridgehead atoms. The van der Waals surface area contributed by atoms with Crippen LogP contribution < -0.4 is 0 Å². The van der Waals surface area contributed by atoms with E-state index in [1.807, 2.05) is 48.6 Å². The second-order valence-corrected chi connectivity index (χ2v) is 5.04. The summed E-state index contributed by atoms with van der Waals surface area (Å²) < 4.78 is 0. The van der Waals surface area contributed by atoms with Gasteiger partial charge in [0.1, 0.15) is 0 Å². The van der Waals surface area contributed by atoms with Crippen LogP contribution in [0.5, 0.6) is 0 Å². The number of rotatable bonds is 0. The van der Waals surface area contributed by atoms with Gasteiger partial charge >= 0.3 is 0 Å². The molecule has 1 saturated carbocycles. The van der Waals surface area contributed by atoms with Gasteiger partial charge < -0.3 is 0 Å². The lowest BCUT2D eigenvalue weighted by Crippen LogP contribution is -2.39. The average Bonchev–Trinajstić information content (AvgIpc) is 3.04. The number of hydrogen-bond donors (Lipinski definition) is 0. The third-order valence-electron chi connectivity index (χ3n) is 4.68. The van der Waals surface area contributed by atoms with Crippen molar-refractivity contribution in [2.24, 2.45) is 34.5 Å². The van der Waals surface area contributed by atoms with E-state index in [2.05, 4.69) is 0 Å². The van der Waals surface area contributed by atoms with Crippen LogP contribution >= 0.6 is 0 Å². The number of allylic oxidation sites excluding steroid dienone is 4. The van der Waals surface area contributed by atoms with Crippen LogP contribution in [0, 0.1) is 79.8 Å². The summed E-state index contributed by atoms with van der Waals surface area (Å²) in [5, 5.41) is 37.8. The summed E-state index contributed by atoms with van der Waals surface area (Å²) in [5.41, 5.74) is -3.11. The predicted molar refractivity (Wildman–Crippen MR) is 59.6 cm³/mol. The number of nitriles is 4. The fourth-order valence-electron chi connectivity index (χ4n) is 3.87. The van der Waals surface area contributed by atoms with Crippen LogP contribution in [0.3, 0.4) is 0 Å². The van der Waals surface area contributed by atoms with Gasteiger partial charge in [0.2, 0.25) is 0 Å². The van der Waals surface area contributed by atoms with E-state index in [1.54, 1.807) is 0 Å². The normalized spacial score (nSPS) is 39.3. The Morgan fingerprint density at radius 2 is 1.06 bits per heavy atom. The molecule has 18 heavy (non-hydrogen) atoms. The van der Waals surface area contributed by atoms with Gasteiger partial charge in [-0.15, -0.1) is 0 Å². The SMILES string of the molecule is N#CC1(C#N)[C@@H]2C=CC3C=C[C@H](C32)C1(C#N)C#N. The molecule has 3 aliphatic rings. The maximum Gasteiger partial charge on any atom is 0.182 e. The fourth-order valence-corrected chi connectivity index (χ4v) is 3.87. The maximum atomic E-state index is 9.46. The van der Waals surface area contributed by atoms with Gasteiger partial charge in [0, 0.05) is 11.8 Å². The summed E-state index contributed by atoms with van der Waals surface area (Å²) in [6.07, 6.45) is 7.64. The molecule has 3 rings (SSSR count). The first kappa shape index (κ1) is 10.6. The van der Waals surface area contributed by atoms with E-state index in [9.17, 15) is 21.0 Å². The second-order valence-electron chi connectivity index (χ2n) is 5.04. The lowest BCUT2D eigenvalue weighted by Gasteiger charge is -2.28. The number of nitrogens with zero attached hydrogens (tertiary/aromatic N) is 4. The molecule has 84 valence electrons. The third kappa shape index (κ3) is 0.756. The van der Waals surface area contributed by atoms with Crippen LogP contribution in [-0.4, -0.2) is 0 Å². The lowest BCUT2D eigenvalue weighted by molar-refractivity contribution is 0.290. The zero-order valence-electron chi connectivity index (χ0n) is 9.41. The molecule has 2 atom stereocenters. The molecule has 0 saturated heterocycles. The molecule has 0 N–H and O–H groups in total. The van der Waals surface area contributed by atoms with E-state index in [0.717, 1.165) is 0 Å². The topological polar surface area (TPSA) is 95.2 Å². The lowest BCUT2D eigenvalue weighted by atomic mass is 9.63. The molecule has 0 unspecified atom stereocenters. The highest BCUT2D eigenvalue weighted by atomic mass is 14.7. The quantitative estimate of drug-likeness (QED) is 0.593. The zero-order chi connectivity index (χ0) is 13.0. The van der Waals surface area contributed by atoms with Crippen LogP contribution in [0.25, 0.3) is 0 Å². The molecule has 0 aliphatic heterocycles. The minimum Gasteiger partial charge on any atom is -0.196 e. The molecule has 4 nitrogen and oxygen atoms in total. The third-order valence-corrected chi connectivity index (χ3v) is 4.68. The smallest absolute Gasteiger partial charge is 0.182 e. The predicted octanol–water partition coefficient (Wildman–Crippen LogP) is 1.67. The standard InChI is InChI=1S/C14H8N4/c15-5-13(6-16)10-3-1-9-2-4-11(12(9)10)14(13,7-17)8-18/h1-4,9-12H/t9?,10-,11-,12?/m1/s1. The molecule has 0 aromatic heterocycles. The molecule has 0 aromatic carbocycles. The van der Waals surface area contributed by atoms with E-state index in [-0.39, 0.29) is 23.7 Å². The Hall–Kier alpha value is -2.56. The van der Waals surface area contributed by atoms with Crippen LogP contribution in [0.1, 0.15) is 0 Å². The second kappa shape index (κ2) is 3.01. The van der Waals surface area contributed by atoms with E-state index in [1.165, 1.54) is 0 Å². The Morgan fingerprint density at radius 1 is 0.667 bits per heavy atom. The summed E-state index contributed by atoms with van der Waals surface area (Å²) in [6, 6.07) is 7.94. The van der Waals surface area contributed by atoms with Crippen molar-refractivity contribution in [3.8, 4) is 24.3 Å². The fraction of sp³-hybridized carbons (Fsp3) is 0.429. The minimum absolute atomic E-state index is 0.0172. The van der Waals surface area contributed by atoms with Crippen molar-refractivity contribution < 1.29 is 0 Å². The van der Waals surface area contributed by atoms with Gasteiger partial charge in [-0.05, 0) is 11.8 Å².